The van der Waals surface area contributed by atoms with Crippen molar-refractivity contribution in [2.75, 3.05) is 31.7 Å². The van der Waals surface area contributed by atoms with E-state index in [0.29, 0.717) is 29.2 Å². The summed E-state index contributed by atoms with van der Waals surface area (Å²) in [5.74, 6) is 1.39. The van der Waals surface area contributed by atoms with E-state index in [1.807, 2.05) is 24.3 Å². The highest BCUT2D eigenvalue weighted by Crippen LogP contribution is 2.48. The van der Waals surface area contributed by atoms with Crippen molar-refractivity contribution in [3.05, 3.63) is 64.5 Å². The zero-order valence-electron chi connectivity index (χ0n) is 27.7. The molecule has 0 amide bonds. The van der Waals surface area contributed by atoms with E-state index in [-0.39, 0.29) is 22.5 Å². The number of aryl methyl sites for hydroxylation is 1. The van der Waals surface area contributed by atoms with Gasteiger partial charge in [-0.1, -0.05) is 63.9 Å². The molecular formula is C36H51ClN2O4Si. The molecule has 0 radical (unpaired) electrons. The molecule has 0 saturated heterocycles. The minimum atomic E-state index is -1.98. The van der Waals surface area contributed by atoms with Crippen molar-refractivity contribution in [2.24, 2.45) is 11.8 Å². The SMILES string of the molecule is CCC/C=C/[C@H](O[Si](C)(C)C(C)(C)C)[C@@H]1CC[C@H]1CN1C[C@@]2(CCCc3nc(Cl)ccc32)COc2ccc(C(=O)OC)cc21. The van der Waals surface area contributed by atoms with E-state index in [9.17, 15) is 4.79 Å². The average molecular weight is 639 g/mol. The van der Waals surface area contributed by atoms with Crippen LogP contribution in [0.3, 0.4) is 0 Å². The maximum atomic E-state index is 12.6. The first-order valence-electron chi connectivity index (χ1n) is 16.5. The van der Waals surface area contributed by atoms with Crippen molar-refractivity contribution >= 4 is 31.6 Å². The number of fused-ring (bicyclic) bond motifs is 3. The zero-order chi connectivity index (χ0) is 31.7. The Hall–Kier alpha value is -2.35. The monoisotopic (exact) mass is 638 g/mol. The molecule has 2 heterocycles. The van der Waals surface area contributed by atoms with Crippen LogP contribution in [0.2, 0.25) is 23.3 Å². The lowest BCUT2D eigenvalue weighted by Gasteiger charge is -2.48. The molecule has 2 aromatic rings. The number of carbonyl (C=O) groups is 1. The Kier molecular flexibility index (Phi) is 9.89. The molecule has 4 atom stereocenters. The molecule has 5 rings (SSSR count). The third-order valence-electron chi connectivity index (χ3n) is 10.7. The Morgan fingerprint density at radius 3 is 2.73 bits per heavy atom. The molecule has 0 N–H and O–H groups in total. The first-order chi connectivity index (χ1) is 20.9. The van der Waals surface area contributed by atoms with Gasteiger partial charge in [0.05, 0.1) is 31.1 Å². The zero-order valence-corrected chi connectivity index (χ0v) is 29.5. The minimum absolute atomic E-state index is 0.112. The predicted octanol–water partition coefficient (Wildman–Crippen LogP) is 8.77. The van der Waals surface area contributed by atoms with E-state index >= 15 is 0 Å². The van der Waals surface area contributed by atoms with Crippen LogP contribution >= 0.6 is 11.6 Å². The molecule has 240 valence electrons. The maximum Gasteiger partial charge on any atom is 0.337 e. The van der Waals surface area contributed by atoms with Gasteiger partial charge in [0.15, 0.2) is 8.32 Å². The summed E-state index contributed by atoms with van der Waals surface area (Å²) >= 11 is 6.35. The highest BCUT2D eigenvalue weighted by Gasteiger charge is 2.47. The normalized spacial score (nSPS) is 24.2. The minimum Gasteiger partial charge on any atom is -0.490 e. The van der Waals surface area contributed by atoms with Crippen LogP contribution in [0.15, 0.2) is 42.5 Å². The Labute approximate surface area is 270 Å². The topological polar surface area (TPSA) is 60.9 Å². The Bertz CT molecular complexity index is 1370. The number of allylic oxidation sites excluding steroid dienone is 1. The fourth-order valence-corrected chi connectivity index (χ4v) is 8.37. The van der Waals surface area contributed by atoms with Crippen LogP contribution in [0.25, 0.3) is 0 Å². The first kappa shape index (κ1) is 33.0. The van der Waals surface area contributed by atoms with Gasteiger partial charge in [0.2, 0.25) is 0 Å². The van der Waals surface area contributed by atoms with Gasteiger partial charge in [-0.2, -0.15) is 0 Å². The smallest absolute Gasteiger partial charge is 0.337 e. The number of rotatable bonds is 9. The lowest BCUT2D eigenvalue weighted by atomic mass is 9.69. The number of esters is 1. The Morgan fingerprint density at radius 2 is 2.05 bits per heavy atom. The van der Waals surface area contributed by atoms with Gasteiger partial charge in [0, 0.05) is 24.2 Å². The van der Waals surface area contributed by atoms with Crippen molar-refractivity contribution in [2.45, 2.75) is 102 Å². The lowest BCUT2D eigenvalue weighted by Crippen LogP contribution is -2.52. The molecule has 44 heavy (non-hydrogen) atoms. The highest BCUT2D eigenvalue weighted by molar-refractivity contribution is 6.74. The molecule has 1 fully saturated rings. The van der Waals surface area contributed by atoms with Gasteiger partial charge in [-0.25, -0.2) is 9.78 Å². The summed E-state index contributed by atoms with van der Waals surface area (Å²) in [7, 11) is -0.543. The molecule has 0 unspecified atom stereocenters. The number of nitrogens with zero attached hydrogens (tertiary/aromatic N) is 2. The molecule has 0 bridgehead atoms. The molecular weight excluding hydrogens is 588 g/mol. The number of ether oxygens (including phenoxy) is 2. The second-order valence-electron chi connectivity index (χ2n) is 14.7. The van der Waals surface area contributed by atoms with E-state index in [4.69, 9.17) is 30.5 Å². The van der Waals surface area contributed by atoms with E-state index in [0.717, 1.165) is 75.2 Å². The molecule has 1 aromatic carbocycles. The number of hydrogen-bond acceptors (Lipinski definition) is 6. The van der Waals surface area contributed by atoms with Gasteiger partial charge in [0.1, 0.15) is 10.9 Å². The summed E-state index contributed by atoms with van der Waals surface area (Å²) in [5.41, 5.74) is 3.62. The fourth-order valence-electron chi connectivity index (χ4n) is 6.92. The van der Waals surface area contributed by atoms with Crippen LogP contribution in [0.5, 0.6) is 5.75 Å². The molecule has 8 heteroatoms. The Balaban J connectivity index is 1.49. The fraction of sp³-hybridized carbons (Fsp3) is 0.611. The summed E-state index contributed by atoms with van der Waals surface area (Å²) in [6.07, 6.45) is 12.3. The average Bonchev–Trinajstić information content (AvgIpc) is 3.11. The number of aromatic nitrogens is 1. The van der Waals surface area contributed by atoms with E-state index in [1.54, 1.807) is 0 Å². The number of unbranched alkanes of at least 4 members (excludes halogenated alkanes) is 1. The largest absolute Gasteiger partial charge is 0.490 e. The molecule has 1 aromatic heterocycles. The van der Waals surface area contributed by atoms with E-state index in [2.05, 4.69) is 63.9 Å². The van der Waals surface area contributed by atoms with Crippen LogP contribution in [-0.2, 0) is 21.0 Å². The summed E-state index contributed by atoms with van der Waals surface area (Å²) in [6, 6.07) is 9.79. The standard InChI is InChI=1S/C36H51ClN2O4Si/c1-8-9-10-13-31(43-44(6,7)35(2,3)4)27-16-14-26(27)22-39-23-36(20-11-12-29-28(36)17-19-33(37)38-29)24-42-32-18-15-25(21-30(32)39)34(40)41-5/h10,13,15,17-19,21,26-27,31H,8-9,11-12,14,16,20,22-24H2,1-7H3/b13-10+/t26-,27+,31-,36-/m0/s1. The van der Waals surface area contributed by atoms with Crippen LogP contribution < -0.4 is 9.64 Å². The Morgan fingerprint density at radius 1 is 1.25 bits per heavy atom. The first-order valence-corrected chi connectivity index (χ1v) is 19.8. The molecule has 3 aliphatic rings. The molecule has 1 saturated carbocycles. The number of hydrogen-bond donors (Lipinski definition) is 0. The number of anilines is 1. The van der Waals surface area contributed by atoms with Crippen LogP contribution in [0.1, 0.15) is 87.8 Å². The lowest BCUT2D eigenvalue weighted by molar-refractivity contribution is 0.0524. The number of methoxy groups -OCH3 is 1. The summed E-state index contributed by atoms with van der Waals surface area (Å²) in [6.45, 7) is 16.2. The van der Waals surface area contributed by atoms with Gasteiger partial charge in [-0.05, 0) is 98.3 Å². The van der Waals surface area contributed by atoms with Crippen LogP contribution in [-0.4, -0.2) is 52.2 Å². The number of halogens is 1. The molecule has 2 aliphatic carbocycles. The predicted molar refractivity (Wildman–Crippen MR) is 182 cm³/mol. The molecule has 1 aliphatic heterocycles. The second-order valence-corrected chi connectivity index (χ2v) is 19.8. The third kappa shape index (κ3) is 6.75. The van der Waals surface area contributed by atoms with Gasteiger partial charge >= 0.3 is 5.97 Å². The van der Waals surface area contributed by atoms with Crippen molar-refractivity contribution in [1.29, 1.82) is 0 Å². The summed E-state index contributed by atoms with van der Waals surface area (Å²) in [4.78, 5) is 19.9. The quantitative estimate of drug-likeness (QED) is 0.118. The number of carbonyl (C=O) groups excluding carboxylic acids is 1. The van der Waals surface area contributed by atoms with Crippen LogP contribution in [0, 0.1) is 11.8 Å². The molecule has 6 nitrogen and oxygen atoms in total. The van der Waals surface area contributed by atoms with Gasteiger partial charge < -0.3 is 18.8 Å². The maximum absolute atomic E-state index is 12.6. The van der Waals surface area contributed by atoms with Crippen molar-refractivity contribution in [3.63, 3.8) is 0 Å². The summed E-state index contributed by atoms with van der Waals surface area (Å²) in [5, 5.41) is 0.686. The van der Waals surface area contributed by atoms with Gasteiger partial charge in [-0.3, -0.25) is 0 Å². The van der Waals surface area contributed by atoms with Gasteiger partial charge in [0.25, 0.3) is 0 Å². The van der Waals surface area contributed by atoms with Crippen LogP contribution in [0.4, 0.5) is 5.69 Å². The third-order valence-corrected chi connectivity index (χ3v) is 15.4. The number of benzene rings is 1. The van der Waals surface area contributed by atoms with Crippen molar-refractivity contribution in [3.8, 4) is 5.75 Å². The highest BCUT2D eigenvalue weighted by atomic mass is 35.5. The van der Waals surface area contributed by atoms with Crippen molar-refractivity contribution < 1.29 is 18.7 Å². The van der Waals surface area contributed by atoms with Crippen molar-refractivity contribution in [1.82, 2.24) is 4.98 Å². The summed E-state index contributed by atoms with van der Waals surface area (Å²) < 4.78 is 18.8. The van der Waals surface area contributed by atoms with Gasteiger partial charge in [-0.15, -0.1) is 0 Å². The second kappa shape index (κ2) is 13.2. The number of pyridine rings is 1. The van der Waals surface area contributed by atoms with E-state index in [1.165, 1.54) is 12.7 Å². The molecule has 1 spiro atoms. The van der Waals surface area contributed by atoms with E-state index < -0.39 is 8.32 Å².